The highest BCUT2D eigenvalue weighted by Crippen LogP contribution is 2.10. The third kappa shape index (κ3) is 7.17. The molecule has 1 saturated heterocycles. The van der Waals surface area contributed by atoms with Crippen LogP contribution < -0.4 is 10.6 Å². The Kier molecular flexibility index (Phi) is 9.77. The van der Waals surface area contributed by atoms with Crippen molar-refractivity contribution in [3.05, 3.63) is 35.6 Å². The van der Waals surface area contributed by atoms with Gasteiger partial charge in [0.15, 0.2) is 5.96 Å². The minimum atomic E-state index is -0.215. The van der Waals surface area contributed by atoms with Crippen LogP contribution >= 0.6 is 24.0 Å². The summed E-state index contributed by atoms with van der Waals surface area (Å²) in [6, 6.07) is 6.84. The number of carbonyl (C=O) groups excluding carboxylic acids is 1. The summed E-state index contributed by atoms with van der Waals surface area (Å²) in [6.07, 6.45) is 2.17. The molecule has 1 atom stereocenters. The van der Waals surface area contributed by atoms with Gasteiger partial charge in [-0.05, 0) is 37.5 Å². The number of hydrogen-bond donors (Lipinski definition) is 2. The predicted octanol–water partition coefficient (Wildman–Crippen LogP) is 2.55. The van der Waals surface area contributed by atoms with Crippen LogP contribution in [0.25, 0.3) is 0 Å². The third-order valence-electron chi connectivity index (χ3n) is 4.09. The topological polar surface area (TPSA) is 56.7 Å². The normalized spacial score (nSPS) is 17.2. The lowest BCUT2D eigenvalue weighted by molar-refractivity contribution is -0.129. The average molecular weight is 462 g/mol. The maximum absolute atomic E-state index is 13.2. The minimum Gasteiger partial charge on any atom is -0.357 e. The van der Waals surface area contributed by atoms with Crippen molar-refractivity contribution in [3.63, 3.8) is 0 Å². The SMILES string of the molecule is CCNC(=NCCc1cccc(F)c1)NC1CCN(C(=O)CC)C1.I. The molecule has 2 N–H and O–H groups in total. The van der Waals surface area contributed by atoms with E-state index >= 15 is 0 Å². The second-order valence-corrected chi connectivity index (χ2v) is 5.96. The lowest BCUT2D eigenvalue weighted by atomic mass is 10.1. The number of nitrogens with one attached hydrogen (secondary N) is 2. The second kappa shape index (κ2) is 11.3. The molecule has 1 heterocycles. The number of amides is 1. The molecule has 0 aromatic heterocycles. The van der Waals surface area contributed by atoms with Crippen molar-refractivity contribution in [3.8, 4) is 0 Å². The number of guanidine groups is 1. The molecule has 0 aliphatic carbocycles. The van der Waals surface area contributed by atoms with E-state index in [-0.39, 0.29) is 41.7 Å². The third-order valence-corrected chi connectivity index (χ3v) is 4.09. The number of rotatable bonds is 6. The zero-order valence-electron chi connectivity index (χ0n) is 14.9. The van der Waals surface area contributed by atoms with E-state index in [0.29, 0.717) is 19.4 Å². The van der Waals surface area contributed by atoms with Crippen molar-refractivity contribution >= 4 is 35.8 Å². The Labute approximate surface area is 166 Å². The molecule has 140 valence electrons. The van der Waals surface area contributed by atoms with Crippen molar-refractivity contribution in [2.45, 2.75) is 39.2 Å². The summed E-state index contributed by atoms with van der Waals surface area (Å²) >= 11 is 0. The van der Waals surface area contributed by atoms with Gasteiger partial charge in [-0.1, -0.05) is 19.1 Å². The Hall–Kier alpha value is -1.38. The molecule has 0 spiro atoms. The fourth-order valence-electron chi connectivity index (χ4n) is 2.83. The zero-order chi connectivity index (χ0) is 17.4. The van der Waals surface area contributed by atoms with E-state index in [9.17, 15) is 9.18 Å². The van der Waals surface area contributed by atoms with Gasteiger partial charge in [0.25, 0.3) is 0 Å². The summed E-state index contributed by atoms with van der Waals surface area (Å²) < 4.78 is 13.2. The van der Waals surface area contributed by atoms with Gasteiger partial charge in [-0.3, -0.25) is 9.79 Å². The molecule has 1 fully saturated rings. The lowest BCUT2D eigenvalue weighted by Gasteiger charge is -2.18. The van der Waals surface area contributed by atoms with Gasteiger partial charge in [0.05, 0.1) is 0 Å². The lowest BCUT2D eigenvalue weighted by Crippen LogP contribution is -2.45. The van der Waals surface area contributed by atoms with E-state index in [0.717, 1.165) is 37.6 Å². The molecule has 1 aliphatic heterocycles. The molecule has 0 saturated carbocycles. The van der Waals surface area contributed by atoms with Crippen molar-refractivity contribution in [2.75, 3.05) is 26.2 Å². The number of halogens is 2. The molecule has 1 unspecified atom stereocenters. The molecule has 0 bridgehead atoms. The Balaban J connectivity index is 0.00000312. The number of carbonyl (C=O) groups is 1. The Bertz CT molecular complexity index is 582. The van der Waals surface area contributed by atoms with Crippen LogP contribution in [0.3, 0.4) is 0 Å². The first-order valence-electron chi connectivity index (χ1n) is 8.69. The molecular formula is C18H28FIN4O. The number of hydrogen-bond acceptors (Lipinski definition) is 2. The van der Waals surface area contributed by atoms with Gasteiger partial charge in [-0.25, -0.2) is 4.39 Å². The van der Waals surface area contributed by atoms with Gasteiger partial charge < -0.3 is 15.5 Å². The fraction of sp³-hybridized carbons (Fsp3) is 0.556. The molecular weight excluding hydrogens is 434 g/mol. The summed E-state index contributed by atoms with van der Waals surface area (Å²) in [6.45, 7) is 6.79. The standard InChI is InChI=1S/C18H27FN4O.HI/c1-3-17(24)23-11-9-16(13-23)22-18(20-4-2)21-10-8-14-6-5-7-15(19)12-14;/h5-7,12,16H,3-4,8-11,13H2,1-2H3,(H2,20,21,22);1H. The molecule has 2 rings (SSSR count). The van der Waals surface area contributed by atoms with Crippen molar-refractivity contribution in [2.24, 2.45) is 4.99 Å². The second-order valence-electron chi connectivity index (χ2n) is 5.96. The van der Waals surface area contributed by atoms with Crippen LogP contribution in [0.5, 0.6) is 0 Å². The minimum absolute atomic E-state index is 0. The zero-order valence-corrected chi connectivity index (χ0v) is 17.3. The molecule has 1 aromatic carbocycles. The van der Waals surface area contributed by atoms with E-state index < -0.39 is 0 Å². The van der Waals surface area contributed by atoms with Crippen LogP contribution in [0, 0.1) is 5.82 Å². The van der Waals surface area contributed by atoms with Crippen LogP contribution in [0.4, 0.5) is 4.39 Å². The highest BCUT2D eigenvalue weighted by Gasteiger charge is 2.25. The van der Waals surface area contributed by atoms with Crippen LogP contribution in [0.2, 0.25) is 0 Å². The molecule has 1 aromatic rings. The van der Waals surface area contributed by atoms with Gasteiger partial charge in [0.1, 0.15) is 5.82 Å². The van der Waals surface area contributed by atoms with E-state index in [1.165, 1.54) is 6.07 Å². The Morgan fingerprint density at radius 2 is 2.20 bits per heavy atom. The maximum Gasteiger partial charge on any atom is 0.222 e. The van der Waals surface area contributed by atoms with Gasteiger partial charge in [-0.2, -0.15) is 0 Å². The van der Waals surface area contributed by atoms with Crippen LogP contribution in [-0.2, 0) is 11.2 Å². The van der Waals surface area contributed by atoms with Gasteiger partial charge in [0, 0.05) is 38.6 Å². The van der Waals surface area contributed by atoms with E-state index in [1.807, 2.05) is 24.8 Å². The molecule has 1 amide bonds. The number of nitrogens with zero attached hydrogens (tertiary/aromatic N) is 2. The summed E-state index contributed by atoms with van der Waals surface area (Å²) in [5.74, 6) is 0.741. The van der Waals surface area contributed by atoms with Crippen molar-refractivity contribution in [1.29, 1.82) is 0 Å². The number of likely N-dealkylation sites (tertiary alicyclic amines) is 1. The van der Waals surface area contributed by atoms with E-state index in [1.54, 1.807) is 12.1 Å². The number of benzene rings is 1. The fourth-order valence-corrected chi connectivity index (χ4v) is 2.83. The average Bonchev–Trinajstić information content (AvgIpc) is 3.03. The summed E-state index contributed by atoms with van der Waals surface area (Å²) in [5, 5.41) is 6.62. The molecule has 25 heavy (non-hydrogen) atoms. The van der Waals surface area contributed by atoms with Crippen LogP contribution in [0.15, 0.2) is 29.3 Å². The summed E-state index contributed by atoms with van der Waals surface area (Å²) in [5.41, 5.74) is 0.940. The van der Waals surface area contributed by atoms with Crippen molar-refractivity contribution < 1.29 is 9.18 Å². The molecule has 0 radical (unpaired) electrons. The van der Waals surface area contributed by atoms with Crippen LogP contribution in [0.1, 0.15) is 32.3 Å². The Morgan fingerprint density at radius 3 is 2.88 bits per heavy atom. The highest BCUT2D eigenvalue weighted by atomic mass is 127. The maximum atomic E-state index is 13.2. The quantitative estimate of drug-likeness (QED) is 0.388. The monoisotopic (exact) mass is 462 g/mol. The van der Waals surface area contributed by atoms with E-state index in [4.69, 9.17) is 0 Å². The summed E-state index contributed by atoms with van der Waals surface area (Å²) in [4.78, 5) is 18.2. The van der Waals surface area contributed by atoms with Crippen molar-refractivity contribution in [1.82, 2.24) is 15.5 Å². The molecule has 1 aliphatic rings. The first-order chi connectivity index (χ1) is 11.6. The van der Waals surface area contributed by atoms with Crippen LogP contribution in [-0.4, -0.2) is 49.0 Å². The van der Waals surface area contributed by atoms with E-state index in [2.05, 4.69) is 15.6 Å². The molecule has 7 heteroatoms. The smallest absolute Gasteiger partial charge is 0.222 e. The summed E-state index contributed by atoms with van der Waals surface area (Å²) in [7, 11) is 0. The molecule has 5 nitrogen and oxygen atoms in total. The Morgan fingerprint density at radius 1 is 1.40 bits per heavy atom. The highest BCUT2D eigenvalue weighted by molar-refractivity contribution is 14.0. The first kappa shape index (κ1) is 21.7. The van der Waals surface area contributed by atoms with Gasteiger partial charge in [0.2, 0.25) is 5.91 Å². The predicted molar refractivity (Wildman–Crippen MR) is 110 cm³/mol. The largest absolute Gasteiger partial charge is 0.357 e. The first-order valence-corrected chi connectivity index (χ1v) is 8.69. The van der Waals surface area contributed by atoms with Gasteiger partial charge >= 0.3 is 0 Å². The van der Waals surface area contributed by atoms with Gasteiger partial charge in [-0.15, -0.1) is 24.0 Å². The number of aliphatic imine (C=N–C) groups is 1.